The average Bonchev–Trinajstić information content (AvgIpc) is 3.07. The molecule has 7 heteroatoms. The number of nitrogens with zero attached hydrogens (tertiary/aromatic N) is 3. The van der Waals surface area contributed by atoms with Crippen LogP contribution in [0.4, 0.5) is 21.9 Å². The highest BCUT2D eigenvalue weighted by atomic mass is 16.6. The molecular weight excluding hydrogens is 366 g/mol. The SMILES string of the molecule is Cc1cc(C)cc([N+]2=CC(CNc3ccccc3NC(=O)OC(C)(C)C)N=N2)c1. The van der Waals surface area contributed by atoms with E-state index in [0.717, 1.165) is 11.4 Å². The van der Waals surface area contributed by atoms with Crippen molar-refractivity contribution in [3.63, 3.8) is 0 Å². The molecule has 0 aliphatic carbocycles. The third-order valence-corrected chi connectivity index (χ3v) is 4.14. The summed E-state index contributed by atoms with van der Waals surface area (Å²) in [5.74, 6) is 0. The van der Waals surface area contributed by atoms with Gasteiger partial charge < -0.3 is 10.1 Å². The van der Waals surface area contributed by atoms with Gasteiger partial charge in [-0.05, 0) is 70.0 Å². The molecular formula is C22H28N5O2+. The van der Waals surface area contributed by atoms with Gasteiger partial charge in [0.25, 0.3) is 0 Å². The maximum absolute atomic E-state index is 12.1. The molecule has 1 unspecified atom stereocenters. The number of amides is 1. The number of benzene rings is 2. The second kappa shape index (κ2) is 8.43. The van der Waals surface area contributed by atoms with Crippen LogP contribution in [0.1, 0.15) is 31.9 Å². The van der Waals surface area contributed by atoms with Crippen LogP contribution in [0.25, 0.3) is 0 Å². The Morgan fingerprint density at radius 2 is 1.76 bits per heavy atom. The van der Waals surface area contributed by atoms with Crippen molar-refractivity contribution >= 4 is 29.4 Å². The van der Waals surface area contributed by atoms with E-state index in [1.807, 2.05) is 51.3 Å². The number of ether oxygens (including phenoxy) is 1. The normalized spacial score (nSPS) is 15.8. The predicted octanol–water partition coefficient (Wildman–Crippen LogP) is 5.23. The Morgan fingerprint density at radius 1 is 1.10 bits per heavy atom. The van der Waals surface area contributed by atoms with E-state index < -0.39 is 11.7 Å². The number of aryl methyl sites for hydroxylation is 2. The first-order valence-corrected chi connectivity index (χ1v) is 9.66. The minimum absolute atomic E-state index is 0.106. The second-order valence-electron chi connectivity index (χ2n) is 8.17. The first-order chi connectivity index (χ1) is 13.7. The van der Waals surface area contributed by atoms with Crippen molar-refractivity contribution in [2.45, 2.75) is 46.3 Å². The summed E-state index contributed by atoms with van der Waals surface area (Å²) in [4.78, 5) is 12.1. The van der Waals surface area contributed by atoms with Gasteiger partial charge in [-0.15, -0.1) is 4.68 Å². The quantitative estimate of drug-likeness (QED) is 0.682. The molecule has 1 heterocycles. The van der Waals surface area contributed by atoms with E-state index in [1.165, 1.54) is 11.1 Å². The Bertz CT molecular complexity index is 940. The number of rotatable bonds is 5. The maximum atomic E-state index is 12.1. The zero-order valence-corrected chi connectivity index (χ0v) is 17.6. The summed E-state index contributed by atoms with van der Waals surface area (Å²) in [6, 6.07) is 13.7. The summed E-state index contributed by atoms with van der Waals surface area (Å²) >= 11 is 0. The van der Waals surface area contributed by atoms with Crippen molar-refractivity contribution in [3.8, 4) is 0 Å². The van der Waals surface area contributed by atoms with Crippen LogP contribution in [-0.4, -0.2) is 35.2 Å². The molecule has 0 radical (unpaired) electrons. The highest BCUT2D eigenvalue weighted by Gasteiger charge is 2.24. The summed E-state index contributed by atoms with van der Waals surface area (Å²) in [7, 11) is 0. The van der Waals surface area contributed by atoms with E-state index in [-0.39, 0.29) is 6.04 Å². The van der Waals surface area contributed by atoms with Crippen molar-refractivity contribution in [3.05, 3.63) is 53.6 Å². The number of hydrogen-bond acceptors (Lipinski definition) is 5. The van der Waals surface area contributed by atoms with E-state index in [2.05, 4.69) is 53.0 Å². The summed E-state index contributed by atoms with van der Waals surface area (Å²) < 4.78 is 7.14. The molecule has 1 amide bonds. The van der Waals surface area contributed by atoms with Crippen LogP contribution in [0.5, 0.6) is 0 Å². The molecule has 0 fully saturated rings. The standard InChI is InChI=1S/C22H27N5O2/c1-15-10-16(2)12-18(11-15)27-14-17(25-26-27)13-23-19-8-6-7-9-20(19)24-21(28)29-22(3,4)5/h6-12,14,17H,13H2,1-5H3,(H-,23,24,25,26,28)/p+1. The summed E-state index contributed by atoms with van der Waals surface area (Å²) in [5, 5.41) is 14.7. The minimum Gasteiger partial charge on any atom is -0.444 e. The Kier molecular flexibility index (Phi) is 5.96. The van der Waals surface area contributed by atoms with Gasteiger partial charge in [0.05, 0.1) is 17.9 Å². The fourth-order valence-corrected chi connectivity index (χ4v) is 3.03. The molecule has 0 saturated heterocycles. The van der Waals surface area contributed by atoms with Crippen LogP contribution in [0.15, 0.2) is 52.8 Å². The predicted molar refractivity (Wildman–Crippen MR) is 115 cm³/mol. The molecule has 0 saturated carbocycles. The van der Waals surface area contributed by atoms with Crippen LogP contribution in [0, 0.1) is 13.8 Å². The van der Waals surface area contributed by atoms with Gasteiger partial charge in [-0.1, -0.05) is 18.2 Å². The Balaban J connectivity index is 1.64. The lowest BCUT2D eigenvalue weighted by Crippen LogP contribution is -2.27. The fraction of sp³-hybridized carbons (Fsp3) is 0.364. The van der Waals surface area contributed by atoms with Crippen molar-refractivity contribution in [2.75, 3.05) is 17.2 Å². The van der Waals surface area contributed by atoms with Crippen LogP contribution in [0.3, 0.4) is 0 Å². The molecule has 2 aromatic rings. The number of nitrogens with one attached hydrogen (secondary N) is 2. The van der Waals surface area contributed by atoms with Crippen molar-refractivity contribution in [1.29, 1.82) is 0 Å². The van der Waals surface area contributed by atoms with Gasteiger partial charge in [-0.25, -0.2) is 4.79 Å². The van der Waals surface area contributed by atoms with Crippen LogP contribution in [-0.2, 0) is 4.74 Å². The van der Waals surface area contributed by atoms with Crippen LogP contribution in [0.2, 0.25) is 0 Å². The molecule has 0 aromatic heterocycles. The zero-order chi connectivity index (χ0) is 21.0. The lowest BCUT2D eigenvalue weighted by molar-refractivity contribution is -0.444. The average molecular weight is 394 g/mol. The molecule has 29 heavy (non-hydrogen) atoms. The minimum atomic E-state index is -0.552. The zero-order valence-electron chi connectivity index (χ0n) is 17.6. The summed E-state index contributed by atoms with van der Waals surface area (Å²) in [5.41, 5.74) is 4.28. The number of carbonyl (C=O) groups excluding carboxylic acids is 1. The Hall–Kier alpha value is -3.22. The first kappa shape index (κ1) is 20.5. The molecule has 0 spiro atoms. The van der Waals surface area contributed by atoms with Crippen molar-refractivity contribution < 1.29 is 14.2 Å². The van der Waals surface area contributed by atoms with Gasteiger partial charge in [-0.2, -0.15) is 0 Å². The van der Waals surface area contributed by atoms with Crippen molar-refractivity contribution in [1.82, 2.24) is 0 Å². The Morgan fingerprint density at radius 3 is 2.41 bits per heavy atom. The van der Waals surface area contributed by atoms with Crippen LogP contribution >= 0.6 is 0 Å². The Labute approximate surface area is 171 Å². The molecule has 1 aliphatic rings. The highest BCUT2D eigenvalue weighted by Crippen LogP contribution is 2.23. The van der Waals surface area contributed by atoms with E-state index in [9.17, 15) is 4.79 Å². The van der Waals surface area contributed by atoms with Crippen LogP contribution < -0.4 is 10.6 Å². The van der Waals surface area contributed by atoms with Gasteiger partial charge in [0.2, 0.25) is 6.04 Å². The number of hydrogen-bond donors (Lipinski definition) is 2. The molecule has 152 valence electrons. The molecule has 0 bridgehead atoms. The van der Waals surface area contributed by atoms with Gasteiger partial charge in [-0.3, -0.25) is 5.32 Å². The number of anilines is 2. The third kappa shape index (κ3) is 5.88. The maximum Gasteiger partial charge on any atom is 0.412 e. The lowest BCUT2D eigenvalue weighted by Gasteiger charge is -2.20. The number of carbonyl (C=O) groups is 1. The van der Waals surface area contributed by atoms with E-state index in [0.29, 0.717) is 12.2 Å². The third-order valence-electron chi connectivity index (χ3n) is 4.14. The lowest BCUT2D eigenvalue weighted by atomic mass is 10.1. The molecule has 2 aromatic carbocycles. The largest absolute Gasteiger partial charge is 0.444 e. The topological polar surface area (TPSA) is 78.1 Å². The van der Waals surface area contributed by atoms with E-state index in [4.69, 9.17) is 4.74 Å². The fourth-order valence-electron chi connectivity index (χ4n) is 3.03. The monoisotopic (exact) mass is 394 g/mol. The van der Waals surface area contributed by atoms with Gasteiger partial charge in [0.1, 0.15) is 10.8 Å². The first-order valence-electron chi connectivity index (χ1n) is 9.66. The number of para-hydroxylation sites is 2. The second-order valence-corrected chi connectivity index (χ2v) is 8.17. The van der Waals surface area contributed by atoms with Gasteiger partial charge in [0.15, 0.2) is 11.9 Å². The van der Waals surface area contributed by atoms with Crippen molar-refractivity contribution in [2.24, 2.45) is 10.3 Å². The summed E-state index contributed by atoms with van der Waals surface area (Å²) in [6.07, 6.45) is 1.49. The summed E-state index contributed by atoms with van der Waals surface area (Å²) in [6.45, 7) is 10.2. The molecule has 1 atom stereocenters. The van der Waals surface area contributed by atoms with Gasteiger partial charge in [0, 0.05) is 5.11 Å². The molecule has 7 nitrogen and oxygen atoms in total. The van der Waals surface area contributed by atoms with Gasteiger partial charge >= 0.3 is 6.09 Å². The van der Waals surface area contributed by atoms with E-state index in [1.54, 1.807) is 4.68 Å². The molecule has 1 aliphatic heterocycles. The van der Waals surface area contributed by atoms with E-state index >= 15 is 0 Å². The molecule has 3 rings (SSSR count). The highest BCUT2D eigenvalue weighted by molar-refractivity contribution is 5.89. The smallest absolute Gasteiger partial charge is 0.412 e. The molecule has 2 N–H and O–H groups in total.